The van der Waals surface area contributed by atoms with Crippen LogP contribution in [0.4, 0.5) is 0 Å². The molecule has 0 spiro atoms. The molecule has 1 aromatic carbocycles. The molecule has 0 radical (unpaired) electrons. The number of benzene rings is 1. The van der Waals surface area contributed by atoms with Crippen molar-refractivity contribution >= 4 is 0 Å². The maximum absolute atomic E-state index is 2.64. The van der Waals surface area contributed by atoms with Gasteiger partial charge in [-0.2, -0.15) is 0 Å². The summed E-state index contributed by atoms with van der Waals surface area (Å²) in [5.74, 6) is 0. The third kappa shape index (κ3) is 2.95. The summed E-state index contributed by atoms with van der Waals surface area (Å²) in [6.07, 6.45) is 10.9. The summed E-state index contributed by atoms with van der Waals surface area (Å²) >= 11 is 0. The van der Waals surface area contributed by atoms with Gasteiger partial charge in [0.25, 0.3) is 0 Å². The fourth-order valence-electron chi connectivity index (χ4n) is 3.41. The molecule has 0 aromatic heterocycles. The Kier molecular flexibility index (Phi) is 3.99. The van der Waals surface area contributed by atoms with E-state index in [1.54, 1.807) is 16.7 Å². The predicted molar refractivity (Wildman–Crippen MR) is 77.1 cm³/mol. The van der Waals surface area contributed by atoms with Crippen LogP contribution in [-0.4, -0.2) is 24.5 Å². The van der Waals surface area contributed by atoms with Gasteiger partial charge in [-0.15, -0.1) is 0 Å². The summed E-state index contributed by atoms with van der Waals surface area (Å²) in [4.78, 5) is 2.64. The summed E-state index contributed by atoms with van der Waals surface area (Å²) in [6.45, 7) is 3.91. The Bertz CT molecular complexity index is 391. The molecule has 3 rings (SSSR count). The topological polar surface area (TPSA) is 3.24 Å². The molecular formula is C17H25N. The first-order chi connectivity index (χ1) is 8.92. The van der Waals surface area contributed by atoms with E-state index in [9.17, 15) is 0 Å². The highest BCUT2D eigenvalue weighted by Gasteiger charge is 2.12. The number of piperidine rings is 1. The second kappa shape index (κ2) is 5.88. The average molecular weight is 243 g/mol. The Balaban J connectivity index is 1.58. The van der Waals surface area contributed by atoms with Gasteiger partial charge < -0.3 is 4.90 Å². The number of rotatable bonds is 3. The van der Waals surface area contributed by atoms with Gasteiger partial charge in [-0.05, 0) is 74.7 Å². The Morgan fingerprint density at radius 2 is 1.61 bits per heavy atom. The molecule has 1 nitrogen and oxygen atoms in total. The monoisotopic (exact) mass is 243 g/mol. The van der Waals surface area contributed by atoms with Gasteiger partial charge >= 0.3 is 0 Å². The lowest BCUT2D eigenvalue weighted by molar-refractivity contribution is 0.231. The van der Waals surface area contributed by atoms with Crippen LogP contribution in [0.15, 0.2) is 18.2 Å². The van der Waals surface area contributed by atoms with Crippen molar-refractivity contribution < 1.29 is 0 Å². The van der Waals surface area contributed by atoms with Gasteiger partial charge in [0.1, 0.15) is 0 Å². The molecule has 1 aromatic rings. The third-order valence-corrected chi connectivity index (χ3v) is 4.58. The Morgan fingerprint density at radius 3 is 2.44 bits per heavy atom. The van der Waals surface area contributed by atoms with Crippen molar-refractivity contribution in [3.05, 3.63) is 34.9 Å². The van der Waals surface area contributed by atoms with Crippen molar-refractivity contribution in [3.8, 4) is 0 Å². The van der Waals surface area contributed by atoms with Crippen LogP contribution in [0.1, 0.15) is 48.8 Å². The van der Waals surface area contributed by atoms with E-state index in [0.717, 1.165) is 0 Å². The van der Waals surface area contributed by atoms with Crippen LogP contribution < -0.4 is 0 Å². The second-order valence-electron chi connectivity index (χ2n) is 5.96. The minimum atomic E-state index is 1.24. The summed E-state index contributed by atoms with van der Waals surface area (Å²) in [6, 6.07) is 7.24. The van der Waals surface area contributed by atoms with Gasteiger partial charge in [-0.1, -0.05) is 24.6 Å². The standard InChI is InChI=1S/C17H25N/c1-4-11-18(12-5-1)13-10-15-8-9-16-6-2-3-7-17(16)14-15/h8-9,14H,1-7,10-13H2. The zero-order valence-electron chi connectivity index (χ0n) is 11.5. The number of nitrogens with zero attached hydrogens (tertiary/aromatic N) is 1. The molecule has 1 aliphatic heterocycles. The van der Waals surface area contributed by atoms with Gasteiger partial charge in [0.05, 0.1) is 0 Å². The maximum Gasteiger partial charge on any atom is 0.00218 e. The van der Waals surface area contributed by atoms with E-state index in [4.69, 9.17) is 0 Å². The SMILES string of the molecule is c1cc2c(cc1CCN1CCCCC1)CCCC2. The number of hydrogen-bond acceptors (Lipinski definition) is 1. The highest BCUT2D eigenvalue weighted by Crippen LogP contribution is 2.22. The smallest absolute Gasteiger partial charge is 0.00218 e. The molecule has 2 aliphatic rings. The van der Waals surface area contributed by atoms with E-state index in [1.807, 2.05) is 0 Å². The fraction of sp³-hybridized carbons (Fsp3) is 0.647. The molecule has 0 unspecified atom stereocenters. The predicted octanol–water partition coefficient (Wildman–Crippen LogP) is 3.59. The Labute approximate surface area is 111 Å². The van der Waals surface area contributed by atoms with E-state index >= 15 is 0 Å². The highest BCUT2D eigenvalue weighted by molar-refractivity contribution is 5.33. The first-order valence-electron chi connectivity index (χ1n) is 7.75. The Morgan fingerprint density at radius 1 is 0.833 bits per heavy atom. The fourth-order valence-corrected chi connectivity index (χ4v) is 3.41. The summed E-state index contributed by atoms with van der Waals surface area (Å²) in [7, 11) is 0. The third-order valence-electron chi connectivity index (χ3n) is 4.58. The minimum Gasteiger partial charge on any atom is -0.303 e. The zero-order chi connectivity index (χ0) is 12.2. The van der Waals surface area contributed by atoms with E-state index in [0.29, 0.717) is 0 Å². The number of likely N-dealkylation sites (tertiary alicyclic amines) is 1. The largest absolute Gasteiger partial charge is 0.303 e. The lowest BCUT2D eigenvalue weighted by Gasteiger charge is -2.26. The molecular weight excluding hydrogens is 218 g/mol. The molecule has 1 fully saturated rings. The lowest BCUT2D eigenvalue weighted by atomic mass is 9.90. The van der Waals surface area contributed by atoms with Crippen LogP contribution in [0, 0.1) is 0 Å². The molecule has 0 atom stereocenters. The molecule has 0 N–H and O–H groups in total. The molecule has 1 saturated heterocycles. The highest BCUT2D eigenvalue weighted by atomic mass is 15.1. The molecule has 0 saturated carbocycles. The molecule has 1 aliphatic carbocycles. The van der Waals surface area contributed by atoms with Crippen LogP contribution in [0.2, 0.25) is 0 Å². The van der Waals surface area contributed by atoms with Crippen molar-refractivity contribution in [2.45, 2.75) is 51.4 Å². The van der Waals surface area contributed by atoms with Crippen molar-refractivity contribution in [2.24, 2.45) is 0 Å². The van der Waals surface area contributed by atoms with E-state index < -0.39 is 0 Å². The lowest BCUT2D eigenvalue weighted by Crippen LogP contribution is -2.31. The normalized spacial score (nSPS) is 20.7. The minimum absolute atomic E-state index is 1.24. The molecule has 18 heavy (non-hydrogen) atoms. The zero-order valence-corrected chi connectivity index (χ0v) is 11.5. The van der Waals surface area contributed by atoms with Crippen LogP contribution in [0.3, 0.4) is 0 Å². The Hall–Kier alpha value is -0.820. The van der Waals surface area contributed by atoms with Gasteiger partial charge in [-0.25, -0.2) is 0 Å². The molecule has 0 amide bonds. The van der Waals surface area contributed by atoms with Crippen LogP contribution in [0.5, 0.6) is 0 Å². The number of hydrogen-bond donors (Lipinski definition) is 0. The van der Waals surface area contributed by atoms with Gasteiger partial charge in [-0.3, -0.25) is 0 Å². The summed E-state index contributed by atoms with van der Waals surface area (Å²) in [5, 5.41) is 0. The maximum atomic E-state index is 2.64. The molecule has 98 valence electrons. The summed E-state index contributed by atoms with van der Waals surface area (Å²) in [5.41, 5.74) is 4.81. The number of fused-ring (bicyclic) bond motifs is 1. The number of aryl methyl sites for hydroxylation is 2. The summed E-state index contributed by atoms with van der Waals surface area (Å²) < 4.78 is 0. The van der Waals surface area contributed by atoms with E-state index in [1.165, 1.54) is 71.0 Å². The van der Waals surface area contributed by atoms with Crippen molar-refractivity contribution in [1.29, 1.82) is 0 Å². The van der Waals surface area contributed by atoms with E-state index in [2.05, 4.69) is 23.1 Å². The van der Waals surface area contributed by atoms with Crippen molar-refractivity contribution in [2.75, 3.05) is 19.6 Å². The second-order valence-corrected chi connectivity index (χ2v) is 5.96. The van der Waals surface area contributed by atoms with Crippen LogP contribution >= 0.6 is 0 Å². The average Bonchev–Trinajstić information content (AvgIpc) is 2.46. The first-order valence-corrected chi connectivity index (χ1v) is 7.75. The van der Waals surface area contributed by atoms with Crippen LogP contribution in [-0.2, 0) is 19.3 Å². The first kappa shape index (κ1) is 12.2. The molecule has 1 heterocycles. The molecule has 0 bridgehead atoms. The van der Waals surface area contributed by atoms with Crippen molar-refractivity contribution in [3.63, 3.8) is 0 Å². The van der Waals surface area contributed by atoms with Crippen molar-refractivity contribution in [1.82, 2.24) is 4.90 Å². The van der Waals surface area contributed by atoms with E-state index in [-0.39, 0.29) is 0 Å². The quantitative estimate of drug-likeness (QED) is 0.784. The van der Waals surface area contributed by atoms with Crippen LogP contribution in [0.25, 0.3) is 0 Å². The molecule has 1 heteroatoms. The van der Waals surface area contributed by atoms with Gasteiger partial charge in [0.2, 0.25) is 0 Å². The van der Waals surface area contributed by atoms with Gasteiger partial charge in [0.15, 0.2) is 0 Å². The van der Waals surface area contributed by atoms with Gasteiger partial charge in [0, 0.05) is 6.54 Å².